The molecule has 176 valence electrons. The van der Waals surface area contributed by atoms with Gasteiger partial charge in [-0.15, -0.1) is 0 Å². The first-order valence-corrected chi connectivity index (χ1v) is 11.8. The van der Waals surface area contributed by atoms with Gasteiger partial charge in [0.15, 0.2) is 16.6 Å². The summed E-state index contributed by atoms with van der Waals surface area (Å²) in [7, 11) is 0. The van der Waals surface area contributed by atoms with E-state index in [-0.39, 0.29) is 18.4 Å². The predicted molar refractivity (Wildman–Crippen MR) is 136 cm³/mol. The lowest BCUT2D eigenvalue weighted by Crippen LogP contribution is -2.45. The maximum atomic E-state index is 11.3. The molecule has 4 aromatic rings. The van der Waals surface area contributed by atoms with Gasteiger partial charge in [-0.05, 0) is 65.7 Å². The van der Waals surface area contributed by atoms with E-state index in [2.05, 4.69) is 39.5 Å². The van der Waals surface area contributed by atoms with Crippen LogP contribution in [0.4, 0.5) is 0 Å². The molecule has 3 N–H and O–H groups in total. The van der Waals surface area contributed by atoms with E-state index in [0.717, 1.165) is 46.8 Å². The van der Waals surface area contributed by atoms with Gasteiger partial charge in [0, 0.05) is 29.7 Å². The van der Waals surface area contributed by atoms with Crippen LogP contribution in [-0.4, -0.2) is 39.4 Å². The number of para-hydroxylation sites is 1. The average molecular weight is 486 g/mol. The standard InChI is InChI=1S/C27H23N3O4S/c31-26(32)18-5-3-4-16(12-18)14-28-27(35)30-11-10-20-19-6-1-2-7-21(19)29-24(20)25(30)17-8-9-22-23(13-17)34-15-33-22/h1-9,12-13,25,29H,10-11,14-15H2,(H,28,35)(H,31,32)/t25-/m1/s1. The zero-order valence-electron chi connectivity index (χ0n) is 18.8. The van der Waals surface area contributed by atoms with Crippen molar-refractivity contribution in [1.29, 1.82) is 0 Å². The van der Waals surface area contributed by atoms with Gasteiger partial charge in [0.2, 0.25) is 6.79 Å². The van der Waals surface area contributed by atoms with Crippen molar-refractivity contribution in [3.63, 3.8) is 0 Å². The Morgan fingerprint density at radius 2 is 1.94 bits per heavy atom. The molecule has 0 radical (unpaired) electrons. The fourth-order valence-electron chi connectivity index (χ4n) is 4.98. The summed E-state index contributed by atoms with van der Waals surface area (Å²) in [6.07, 6.45) is 0.858. The summed E-state index contributed by atoms with van der Waals surface area (Å²) in [5.41, 5.74) is 5.70. The van der Waals surface area contributed by atoms with E-state index in [1.165, 1.54) is 10.9 Å². The Bertz CT molecular complexity index is 1460. The molecule has 2 aliphatic rings. The number of carboxylic acid groups (broad SMARTS) is 1. The van der Waals surface area contributed by atoms with Gasteiger partial charge < -0.3 is 29.8 Å². The van der Waals surface area contributed by atoms with Gasteiger partial charge in [-0.1, -0.05) is 36.4 Å². The normalized spacial score (nSPS) is 16.2. The quantitative estimate of drug-likeness (QED) is 0.364. The van der Waals surface area contributed by atoms with E-state index in [1.807, 2.05) is 24.3 Å². The van der Waals surface area contributed by atoms with E-state index >= 15 is 0 Å². The monoisotopic (exact) mass is 485 g/mol. The van der Waals surface area contributed by atoms with Gasteiger partial charge in [-0.2, -0.15) is 0 Å². The van der Waals surface area contributed by atoms with E-state index in [9.17, 15) is 9.90 Å². The van der Waals surface area contributed by atoms with Gasteiger partial charge in [-0.3, -0.25) is 0 Å². The molecule has 0 amide bonds. The number of H-pyrrole nitrogens is 1. The maximum absolute atomic E-state index is 11.3. The number of carboxylic acids is 1. The minimum atomic E-state index is -0.945. The van der Waals surface area contributed by atoms with Crippen molar-refractivity contribution in [2.75, 3.05) is 13.3 Å². The van der Waals surface area contributed by atoms with Gasteiger partial charge >= 0.3 is 5.97 Å². The molecule has 1 aromatic heterocycles. The molecule has 0 fully saturated rings. The lowest BCUT2D eigenvalue weighted by molar-refractivity contribution is 0.0696. The number of fused-ring (bicyclic) bond motifs is 4. The third-order valence-corrected chi connectivity index (χ3v) is 7.00. The Morgan fingerprint density at radius 1 is 1.09 bits per heavy atom. The first-order valence-electron chi connectivity index (χ1n) is 11.4. The summed E-state index contributed by atoms with van der Waals surface area (Å²) in [5.74, 6) is 0.529. The Balaban J connectivity index is 1.34. The summed E-state index contributed by atoms with van der Waals surface area (Å²) in [6.45, 7) is 1.40. The van der Waals surface area contributed by atoms with Crippen molar-refractivity contribution in [2.45, 2.75) is 19.0 Å². The number of benzene rings is 3. The molecule has 35 heavy (non-hydrogen) atoms. The van der Waals surface area contributed by atoms with Crippen LogP contribution in [0, 0.1) is 0 Å². The molecule has 8 heteroatoms. The van der Waals surface area contributed by atoms with Crippen molar-refractivity contribution < 1.29 is 19.4 Å². The lowest BCUT2D eigenvalue weighted by atomic mass is 9.92. The third-order valence-electron chi connectivity index (χ3n) is 6.63. The molecule has 0 saturated carbocycles. The zero-order chi connectivity index (χ0) is 23.9. The molecule has 3 heterocycles. The number of ether oxygens (including phenoxy) is 2. The molecular formula is C27H23N3O4S. The highest BCUT2D eigenvalue weighted by atomic mass is 32.1. The van der Waals surface area contributed by atoms with Crippen molar-refractivity contribution >= 4 is 34.2 Å². The number of hydrogen-bond acceptors (Lipinski definition) is 4. The van der Waals surface area contributed by atoms with Gasteiger partial charge in [-0.25, -0.2) is 4.79 Å². The van der Waals surface area contributed by atoms with Crippen LogP contribution in [-0.2, 0) is 13.0 Å². The number of aromatic amines is 1. The highest BCUT2D eigenvalue weighted by Gasteiger charge is 2.34. The molecule has 0 spiro atoms. The Kier molecular flexibility index (Phi) is 5.30. The van der Waals surface area contributed by atoms with Crippen LogP contribution in [0.3, 0.4) is 0 Å². The fourth-order valence-corrected chi connectivity index (χ4v) is 5.25. The molecule has 0 bridgehead atoms. The minimum absolute atomic E-state index is 0.133. The molecule has 6 rings (SSSR count). The number of nitrogens with one attached hydrogen (secondary N) is 2. The van der Waals surface area contributed by atoms with Crippen molar-refractivity contribution in [2.24, 2.45) is 0 Å². The van der Waals surface area contributed by atoms with Crippen LogP contribution in [0.1, 0.15) is 38.8 Å². The fraction of sp³-hybridized carbons (Fsp3) is 0.185. The van der Waals surface area contributed by atoms with Crippen LogP contribution in [0.2, 0.25) is 0 Å². The average Bonchev–Trinajstić information content (AvgIpc) is 3.50. The topological polar surface area (TPSA) is 86.8 Å². The van der Waals surface area contributed by atoms with Crippen LogP contribution in [0.5, 0.6) is 11.5 Å². The second kappa shape index (κ2) is 8.63. The van der Waals surface area contributed by atoms with E-state index in [1.54, 1.807) is 18.2 Å². The smallest absolute Gasteiger partial charge is 0.335 e. The first-order chi connectivity index (χ1) is 17.1. The highest BCUT2D eigenvalue weighted by Crippen LogP contribution is 2.42. The lowest BCUT2D eigenvalue weighted by Gasteiger charge is -2.38. The molecule has 0 aliphatic carbocycles. The number of aromatic carboxylic acids is 1. The minimum Gasteiger partial charge on any atom is -0.478 e. The van der Waals surface area contributed by atoms with E-state index < -0.39 is 5.97 Å². The van der Waals surface area contributed by atoms with E-state index in [4.69, 9.17) is 21.7 Å². The molecule has 1 atom stereocenters. The summed E-state index contributed by atoms with van der Waals surface area (Å²) in [4.78, 5) is 17.2. The number of thiocarbonyl (C=S) groups is 1. The van der Waals surface area contributed by atoms with Crippen molar-refractivity contribution in [1.82, 2.24) is 15.2 Å². The van der Waals surface area contributed by atoms with Crippen molar-refractivity contribution in [3.8, 4) is 11.5 Å². The van der Waals surface area contributed by atoms with Crippen LogP contribution >= 0.6 is 12.2 Å². The summed E-state index contributed by atoms with van der Waals surface area (Å²) >= 11 is 5.87. The van der Waals surface area contributed by atoms with Gasteiger partial charge in [0.1, 0.15) is 0 Å². The number of nitrogens with zero attached hydrogens (tertiary/aromatic N) is 1. The van der Waals surface area contributed by atoms with Crippen LogP contribution < -0.4 is 14.8 Å². The zero-order valence-corrected chi connectivity index (χ0v) is 19.6. The summed E-state index contributed by atoms with van der Waals surface area (Å²) in [5, 5.41) is 14.5. The molecule has 2 aliphatic heterocycles. The SMILES string of the molecule is O=C(O)c1cccc(CNC(=S)N2CCc3c([nH]c4ccccc34)[C@H]2c2ccc3c(c2)OCO3)c1. The van der Waals surface area contributed by atoms with Crippen molar-refractivity contribution in [3.05, 3.63) is 94.7 Å². The molecule has 0 saturated heterocycles. The molecule has 3 aromatic carbocycles. The van der Waals surface area contributed by atoms with Gasteiger partial charge in [0.25, 0.3) is 0 Å². The number of aromatic nitrogens is 1. The maximum Gasteiger partial charge on any atom is 0.335 e. The number of carbonyl (C=O) groups is 1. The second-order valence-corrected chi connectivity index (χ2v) is 9.07. The Hall–Kier alpha value is -4.04. The van der Waals surface area contributed by atoms with E-state index in [0.29, 0.717) is 11.7 Å². The Morgan fingerprint density at radius 3 is 2.83 bits per heavy atom. The molecule has 0 unspecified atom stereocenters. The largest absolute Gasteiger partial charge is 0.478 e. The number of hydrogen-bond donors (Lipinski definition) is 3. The third kappa shape index (κ3) is 3.85. The van der Waals surface area contributed by atoms with Crippen LogP contribution in [0.15, 0.2) is 66.7 Å². The predicted octanol–water partition coefficient (Wildman–Crippen LogP) is 4.62. The molecular weight excluding hydrogens is 462 g/mol. The Labute approximate surface area is 207 Å². The highest BCUT2D eigenvalue weighted by molar-refractivity contribution is 7.80. The first kappa shape index (κ1) is 21.5. The summed E-state index contributed by atoms with van der Waals surface area (Å²) in [6, 6.07) is 21.1. The second-order valence-electron chi connectivity index (χ2n) is 8.69. The number of rotatable bonds is 4. The molecule has 7 nitrogen and oxygen atoms in total. The van der Waals surface area contributed by atoms with Crippen LogP contribution in [0.25, 0.3) is 10.9 Å². The summed E-state index contributed by atoms with van der Waals surface area (Å²) < 4.78 is 11.2. The van der Waals surface area contributed by atoms with Gasteiger partial charge in [0.05, 0.1) is 11.6 Å².